The lowest BCUT2D eigenvalue weighted by atomic mass is 10.3. The molecule has 0 aliphatic rings. The van der Waals surface area contributed by atoms with E-state index in [1.807, 2.05) is 0 Å². The molecule has 5 nitrogen and oxygen atoms in total. The van der Waals surface area contributed by atoms with Crippen LogP contribution in [0.25, 0.3) is 0 Å². The first-order chi connectivity index (χ1) is 6.11. The van der Waals surface area contributed by atoms with Gasteiger partial charge in [0.1, 0.15) is 12.6 Å². The second-order valence-electron chi connectivity index (χ2n) is 2.37. The van der Waals surface area contributed by atoms with Crippen molar-refractivity contribution >= 4 is 12.0 Å². The number of amides is 2. The Labute approximate surface area is 77.1 Å². The van der Waals surface area contributed by atoms with Crippen LogP contribution in [0.15, 0.2) is 12.7 Å². The molecule has 0 spiro atoms. The van der Waals surface area contributed by atoms with Gasteiger partial charge in [0.05, 0.1) is 0 Å². The van der Waals surface area contributed by atoms with Crippen molar-refractivity contribution in [3.63, 3.8) is 0 Å². The molecule has 0 radical (unpaired) electrons. The summed E-state index contributed by atoms with van der Waals surface area (Å²) in [7, 11) is 1.50. The second-order valence-corrected chi connectivity index (χ2v) is 2.37. The molecule has 1 atom stereocenters. The van der Waals surface area contributed by atoms with Crippen LogP contribution in [0.3, 0.4) is 0 Å². The lowest BCUT2D eigenvalue weighted by Crippen LogP contribution is -2.43. The molecule has 0 rings (SSSR count). The highest BCUT2D eigenvalue weighted by atomic mass is 16.5. The van der Waals surface area contributed by atoms with Crippen molar-refractivity contribution < 1.29 is 14.3 Å². The van der Waals surface area contributed by atoms with E-state index in [9.17, 15) is 9.59 Å². The molecular weight excluding hydrogens is 172 g/mol. The van der Waals surface area contributed by atoms with Gasteiger partial charge in [0.15, 0.2) is 0 Å². The third kappa shape index (κ3) is 4.84. The van der Waals surface area contributed by atoms with Crippen molar-refractivity contribution in [2.45, 2.75) is 13.0 Å². The summed E-state index contributed by atoms with van der Waals surface area (Å²) >= 11 is 0. The molecule has 0 saturated heterocycles. The Bertz CT molecular complexity index is 204. The molecule has 0 aromatic heterocycles. The van der Waals surface area contributed by atoms with Crippen LogP contribution in [-0.2, 0) is 9.53 Å². The van der Waals surface area contributed by atoms with Gasteiger partial charge in [-0.3, -0.25) is 4.79 Å². The maximum absolute atomic E-state index is 10.9. The predicted octanol–water partition coefficient (Wildman–Crippen LogP) is 0.0331. The molecule has 0 aliphatic heterocycles. The van der Waals surface area contributed by atoms with Crippen molar-refractivity contribution in [1.29, 1.82) is 0 Å². The first-order valence-corrected chi connectivity index (χ1v) is 3.87. The van der Waals surface area contributed by atoms with Crippen LogP contribution in [-0.4, -0.2) is 31.7 Å². The Morgan fingerprint density at radius 2 is 2.23 bits per heavy atom. The fourth-order valence-electron chi connectivity index (χ4n) is 0.635. The highest BCUT2D eigenvalue weighted by Gasteiger charge is 2.13. The van der Waals surface area contributed by atoms with E-state index in [-0.39, 0.29) is 12.5 Å². The minimum Gasteiger partial charge on any atom is -0.445 e. The molecule has 0 aromatic rings. The summed E-state index contributed by atoms with van der Waals surface area (Å²) in [6.07, 6.45) is 0.820. The number of likely N-dealkylation sites (N-methyl/N-ethyl adjacent to an activating group) is 1. The summed E-state index contributed by atoms with van der Waals surface area (Å²) in [5.74, 6) is -0.268. The summed E-state index contributed by atoms with van der Waals surface area (Å²) in [5.41, 5.74) is 0. The van der Waals surface area contributed by atoms with E-state index in [0.717, 1.165) is 0 Å². The van der Waals surface area contributed by atoms with Crippen molar-refractivity contribution in [3.05, 3.63) is 12.7 Å². The van der Waals surface area contributed by atoms with Gasteiger partial charge in [-0.25, -0.2) is 4.79 Å². The number of nitrogens with one attached hydrogen (secondary N) is 2. The molecule has 0 heterocycles. The molecular formula is C8H14N2O3. The second kappa shape index (κ2) is 6.05. The Balaban J connectivity index is 3.77. The Kier molecular flexibility index (Phi) is 5.34. The van der Waals surface area contributed by atoms with Crippen LogP contribution >= 0.6 is 0 Å². The van der Waals surface area contributed by atoms with E-state index in [1.165, 1.54) is 13.1 Å². The molecule has 74 valence electrons. The van der Waals surface area contributed by atoms with Crippen LogP contribution in [0.2, 0.25) is 0 Å². The molecule has 0 aliphatic carbocycles. The summed E-state index contributed by atoms with van der Waals surface area (Å²) in [6.45, 7) is 5.07. The maximum Gasteiger partial charge on any atom is 0.408 e. The van der Waals surface area contributed by atoms with Gasteiger partial charge in [-0.2, -0.15) is 0 Å². The van der Waals surface area contributed by atoms with Gasteiger partial charge in [0.25, 0.3) is 0 Å². The average Bonchev–Trinajstić information content (AvgIpc) is 2.13. The number of carbonyl (C=O) groups excluding carboxylic acids is 2. The standard InChI is InChI=1S/C8H14N2O3/c1-4-5-13-8(12)10-6(2)7(11)9-3/h4,6H,1,5H2,2-3H3,(H,9,11)(H,10,12)/t6-/m0/s1. The molecule has 0 bridgehead atoms. The van der Waals surface area contributed by atoms with Gasteiger partial charge >= 0.3 is 6.09 Å². The topological polar surface area (TPSA) is 67.4 Å². The zero-order valence-electron chi connectivity index (χ0n) is 7.79. The highest BCUT2D eigenvalue weighted by Crippen LogP contribution is 1.84. The quantitative estimate of drug-likeness (QED) is 0.609. The maximum atomic E-state index is 10.9. The molecule has 2 N–H and O–H groups in total. The third-order valence-electron chi connectivity index (χ3n) is 1.31. The summed E-state index contributed by atoms with van der Waals surface area (Å²) in [6, 6.07) is -0.595. The van der Waals surface area contributed by atoms with Crippen LogP contribution < -0.4 is 10.6 Å². The van der Waals surface area contributed by atoms with Crippen LogP contribution in [0.1, 0.15) is 6.92 Å². The number of hydrogen-bond donors (Lipinski definition) is 2. The number of rotatable bonds is 4. The molecule has 0 fully saturated rings. The van der Waals surface area contributed by atoms with E-state index in [0.29, 0.717) is 0 Å². The summed E-state index contributed by atoms with van der Waals surface area (Å²) in [5, 5.41) is 4.74. The first kappa shape index (κ1) is 11.5. The minimum absolute atomic E-state index is 0.131. The molecule has 2 amide bonds. The summed E-state index contributed by atoms with van der Waals surface area (Å²) in [4.78, 5) is 21.8. The Hall–Kier alpha value is -1.52. The average molecular weight is 186 g/mol. The smallest absolute Gasteiger partial charge is 0.408 e. The number of hydrogen-bond acceptors (Lipinski definition) is 3. The van der Waals surface area contributed by atoms with Gasteiger partial charge in [0, 0.05) is 7.05 Å². The number of alkyl carbamates (subject to hydrolysis) is 1. The van der Waals surface area contributed by atoms with E-state index < -0.39 is 12.1 Å². The Morgan fingerprint density at radius 3 is 2.69 bits per heavy atom. The predicted molar refractivity (Wildman–Crippen MR) is 48.2 cm³/mol. The lowest BCUT2D eigenvalue weighted by Gasteiger charge is -2.11. The molecule has 0 saturated carbocycles. The molecule has 0 unspecified atom stereocenters. The molecule has 0 aromatic carbocycles. The minimum atomic E-state index is -0.629. The van der Waals surface area contributed by atoms with Gasteiger partial charge in [-0.15, -0.1) is 0 Å². The van der Waals surface area contributed by atoms with Gasteiger partial charge < -0.3 is 15.4 Å². The van der Waals surface area contributed by atoms with Gasteiger partial charge in [-0.1, -0.05) is 12.7 Å². The largest absolute Gasteiger partial charge is 0.445 e. The van der Waals surface area contributed by atoms with E-state index in [1.54, 1.807) is 6.92 Å². The first-order valence-electron chi connectivity index (χ1n) is 3.87. The van der Waals surface area contributed by atoms with Crippen molar-refractivity contribution in [3.8, 4) is 0 Å². The zero-order valence-corrected chi connectivity index (χ0v) is 7.79. The van der Waals surface area contributed by atoms with Crippen LogP contribution in [0.4, 0.5) is 4.79 Å². The third-order valence-corrected chi connectivity index (χ3v) is 1.31. The van der Waals surface area contributed by atoms with Gasteiger partial charge in [-0.05, 0) is 6.92 Å². The Morgan fingerprint density at radius 1 is 1.62 bits per heavy atom. The number of ether oxygens (including phenoxy) is 1. The number of carbonyl (C=O) groups is 2. The highest BCUT2D eigenvalue weighted by molar-refractivity contribution is 5.84. The monoisotopic (exact) mass is 186 g/mol. The van der Waals surface area contributed by atoms with E-state index in [4.69, 9.17) is 0 Å². The van der Waals surface area contributed by atoms with Crippen LogP contribution in [0.5, 0.6) is 0 Å². The van der Waals surface area contributed by atoms with Crippen molar-refractivity contribution in [2.75, 3.05) is 13.7 Å². The SMILES string of the molecule is C=CCOC(=O)N[C@@H](C)C(=O)NC. The van der Waals surface area contributed by atoms with Crippen molar-refractivity contribution in [1.82, 2.24) is 10.6 Å². The normalized spacial score (nSPS) is 11.2. The van der Waals surface area contributed by atoms with Crippen LogP contribution in [0, 0.1) is 0 Å². The van der Waals surface area contributed by atoms with E-state index >= 15 is 0 Å². The molecule has 13 heavy (non-hydrogen) atoms. The van der Waals surface area contributed by atoms with E-state index in [2.05, 4.69) is 21.9 Å². The lowest BCUT2D eigenvalue weighted by molar-refractivity contribution is -0.122. The molecule has 5 heteroatoms. The van der Waals surface area contributed by atoms with Crippen molar-refractivity contribution in [2.24, 2.45) is 0 Å². The zero-order chi connectivity index (χ0) is 10.3. The van der Waals surface area contributed by atoms with Gasteiger partial charge in [0.2, 0.25) is 5.91 Å². The summed E-state index contributed by atoms with van der Waals surface area (Å²) < 4.78 is 4.61. The fraction of sp³-hybridized carbons (Fsp3) is 0.500. The fourth-order valence-corrected chi connectivity index (χ4v) is 0.635.